The fourth-order valence-electron chi connectivity index (χ4n) is 2.55. The van der Waals surface area contributed by atoms with E-state index in [4.69, 9.17) is 0 Å². The molecular formula is C11H9FN2O2. The standard InChI is InChI=1S/C11H9FN2O2/c12-7-3-1-2-6-4-5-11(8(6)7)9(15)13-10(16)14-11/h1-3H,4-5H2,(H2,13,14,15,16). The van der Waals surface area contributed by atoms with Crippen molar-refractivity contribution in [1.29, 1.82) is 0 Å². The summed E-state index contributed by atoms with van der Waals surface area (Å²) >= 11 is 0. The first kappa shape index (κ1) is 9.33. The van der Waals surface area contributed by atoms with Gasteiger partial charge in [0.15, 0.2) is 0 Å². The molecule has 1 saturated heterocycles. The molecule has 2 N–H and O–H groups in total. The Morgan fingerprint density at radius 3 is 2.81 bits per heavy atom. The normalized spacial score (nSPS) is 26.8. The largest absolute Gasteiger partial charge is 0.322 e. The number of urea groups is 1. The van der Waals surface area contributed by atoms with Crippen LogP contribution in [0.3, 0.4) is 0 Å². The van der Waals surface area contributed by atoms with Crippen molar-refractivity contribution < 1.29 is 14.0 Å². The van der Waals surface area contributed by atoms with Crippen molar-refractivity contribution in [3.05, 3.63) is 35.1 Å². The van der Waals surface area contributed by atoms with E-state index in [1.807, 2.05) is 0 Å². The number of benzene rings is 1. The van der Waals surface area contributed by atoms with Gasteiger partial charge in [-0.3, -0.25) is 10.1 Å². The second-order valence-corrected chi connectivity index (χ2v) is 4.09. The zero-order valence-electron chi connectivity index (χ0n) is 8.34. The van der Waals surface area contributed by atoms with E-state index in [0.29, 0.717) is 18.4 Å². The molecule has 1 aromatic rings. The van der Waals surface area contributed by atoms with Gasteiger partial charge in [-0.05, 0) is 24.5 Å². The summed E-state index contributed by atoms with van der Waals surface area (Å²) in [4.78, 5) is 22.9. The number of hydrogen-bond donors (Lipinski definition) is 2. The van der Waals surface area contributed by atoms with Gasteiger partial charge < -0.3 is 5.32 Å². The van der Waals surface area contributed by atoms with Gasteiger partial charge in [0.05, 0.1) is 0 Å². The highest BCUT2D eigenvalue weighted by Crippen LogP contribution is 2.40. The van der Waals surface area contributed by atoms with Gasteiger partial charge in [-0.2, -0.15) is 0 Å². The van der Waals surface area contributed by atoms with Crippen LogP contribution >= 0.6 is 0 Å². The lowest BCUT2D eigenvalue weighted by molar-refractivity contribution is -0.124. The minimum absolute atomic E-state index is 0.318. The Kier molecular flexibility index (Phi) is 1.64. The molecule has 1 heterocycles. The molecule has 2 aliphatic rings. The lowest BCUT2D eigenvalue weighted by Crippen LogP contribution is -2.42. The molecule has 1 aliphatic carbocycles. The lowest BCUT2D eigenvalue weighted by Gasteiger charge is -2.21. The van der Waals surface area contributed by atoms with Crippen LogP contribution in [0.1, 0.15) is 17.5 Å². The van der Waals surface area contributed by atoms with Crippen LogP contribution in [0.15, 0.2) is 18.2 Å². The Morgan fingerprint density at radius 1 is 1.31 bits per heavy atom. The van der Waals surface area contributed by atoms with E-state index in [2.05, 4.69) is 10.6 Å². The van der Waals surface area contributed by atoms with Crippen LogP contribution in [0, 0.1) is 5.82 Å². The van der Waals surface area contributed by atoms with E-state index in [0.717, 1.165) is 5.56 Å². The highest BCUT2D eigenvalue weighted by Gasteiger charge is 2.52. The number of nitrogens with one attached hydrogen (secondary N) is 2. The van der Waals surface area contributed by atoms with Crippen molar-refractivity contribution in [3.8, 4) is 0 Å². The summed E-state index contributed by atoms with van der Waals surface area (Å²) in [6.07, 6.45) is 1.02. The topological polar surface area (TPSA) is 58.2 Å². The van der Waals surface area contributed by atoms with E-state index in [9.17, 15) is 14.0 Å². The van der Waals surface area contributed by atoms with Crippen molar-refractivity contribution in [3.63, 3.8) is 0 Å². The van der Waals surface area contributed by atoms with Crippen LogP contribution in [0.5, 0.6) is 0 Å². The second-order valence-electron chi connectivity index (χ2n) is 4.09. The van der Waals surface area contributed by atoms with Crippen LogP contribution in [-0.2, 0) is 16.8 Å². The van der Waals surface area contributed by atoms with Gasteiger partial charge in [-0.15, -0.1) is 0 Å². The van der Waals surface area contributed by atoms with Crippen molar-refractivity contribution >= 4 is 11.9 Å². The molecule has 1 spiro atoms. The first-order valence-electron chi connectivity index (χ1n) is 5.05. The maximum absolute atomic E-state index is 13.8. The molecule has 0 bridgehead atoms. The zero-order valence-corrected chi connectivity index (χ0v) is 8.34. The average molecular weight is 220 g/mol. The highest BCUT2D eigenvalue weighted by molar-refractivity contribution is 6.08. The van der Waals surface area contributed by atoms with E-state index in [-0.39, 0.29) is 0 Å². The van der Waals surface area contributed by atoms with Crippen molar-refractivity contribution in [2.24, 2.45) is 0 Å². The number of fused-ring (bicyclic) bond motifs is 2. The molecule has 3 rings (SSSR count). The molecule has 0 radical (unpaired) electrons. The quantitative estimate of drug-likeness (QED) is 0.635. The molecule has 5 heteroatoms. The monoisotopic (exact) mass is 220 g/mol. The molecule has 82 valence electrons. The molecular weight excluding hydrogens is 211 g/mol. The molecule has 16 heavy (non-hydrogen) atoms. The molecule has 1 fully saturated rings. The fraction of sp³-hybridized carbons (Fsp3) is 0.273. The minimum atomic E-state index is -1.18. The Hall–Kier alpha value is -1.91. The SMILES string of the molecule is O=C1NC(=O)C2(CCc3cccc(F)c32)N1. The van der Waals surface area contributed by atoms with Crippen LogP contribution in [0.2, 0.25) is 0 Å². The van der Waals surface area contributed by atoms with Crippen molar-refractivity contribution in [2.75, 3.05) is 0 Å². The van der Waals surface area contributed by atoms with E-state index >= 15 is 0 Å². The Balaban J connectivity index is 2.22. The van der Waals surface area contributed by atoms with Crippen LogP contribution in [0.25, 0.3) is 0 Å². The van der Waals surface area contributed by atoms with Gasteiger partial charge in [-0.25, -0.2) is 9.18 Å². The van der Waals surface area contributed by atoms with E-state index in [1.165, 1.54) is 6.07 Å². The first-order valence-corrected chi connectivity index (χ1v) is 5.05. The minimum Gasteiger partial charge on any atom is -0.319 e. The number of rotatable bonds is 0. The molecule has 3 amide bonds. The second kappa shape index (κ2) is 2.81. The van der Waals surface area contributed by atoms with Crippen LogP contribution < -0.4 is 10.6 Å². The zero-order chi connectivity index (χ0) is 11.3. The Bertz CT molecular complexity index is 515. The maximum Gasteiger partial charge on any atom is 0.322 e. The third-order valence-corrected chi connectivity index (χ3v) is 3.24. The summed E-state index contributed by atoms with van der Waals surface area (Å²) in [5.74, 6) is -0.895. The summed E-state index contributed by atoms with van der Waals surface area (Å²) in [5.41, 5.74) is -0.0756. The number of aryl methyl sites for hydroxylation is 1. The lowest BCUT2D eigenvalue weighted by atomic mass is 9.92. The Morgan fingerprint density at radius 2 is 2.12 bits per heavy atom. The fourth-order valence-corrected chi connectivity index (χ4v) is 2.55. The Labute approximate surface area is 90.8 Å². The molecule has 1 unspecified atom stereocenters. The molecule has 4 nitrogen and oxygen atoms in total. The molecule has 1 aromatic carbocycles. The highest BCUT2D eigenvalue weighted by atomic mass is 19.1. The van der Waals surface area contributed by atoms with Gasteiger partial charge >= 0.3 is 6.03 Å². The number of carbonyl (C=O) groups excluding carboxylic acids is 2. The number of hydrogen-bond acceptors (Lipinski definition) is 2. The van der Waals surface area contributed by atoms with E-state index < -0.39 is 23.3 Å². The molecule has 1 aliphatic heterocycles. The predicted octanol–water partition coefficient (Wildman–Crippen LogP) is 0.807. The summed E-state index contributed by atoms with van der Waals surface area (Å²) in [5, 5.41) is 4.70. The number of amides is 3. The van der Waals surface area contributed by atoms with Crippen molar-refractivity contribution in [1.82, 2.24) is 10.6 Å². The number of imide groups is 1. The summed E-state index contributed by atoms with van der Waals surface area (Å²) in [6.45, 7) is 0. The van der Waals surface area contributed by atoms with Gasteiger partial charge in [0.25, 0.3) is 5.91 Å². The third kappa shape index (κ3) is 0.973. The molecule has 1 atom stereocenters. The van der Waals surface area contributed by atoms with Crippen molar-refractivity contribution in [2.45, 2.75) is 18.4 Å². The summed E-state index contributed by atoms with van der Waals surface area (Å²) < 4.78 is 13.8. The van der Waals surface area contributed by atoms with Crippen LogP contribution in [0.4, 0.5) is 9.18 Å². The van der Waals surface area contributed by atoms with E-state index in [1.54, 1.807) is 12.1 Å². The first-order chi connectivity index (χ1) is 7.63. The molecule has 0 aromatic heterocycles. The molecule has 0 saturated carbocycles. The average Bonchev–Trinajstić information content (AvgIpc) is 2.72. The van der Waals surface area contributed by atoms with Crippen LogP contribution in [-0.4, -0.2) is 11.9 Å². The van der Waals surface area contributed by atoms with Gasteiger partial charge in [0, 0.05) is 5.56 Å². The third-order valence-electron chi connectivity index (χ3n) is 3.24. The predicted molar refractivity (Wildman–Crippen MR) is 53.1 cm³/mol. The van der Waals surface area contributed by atoms with Gasteiger partial charge in [0.2, 0.25) is 0 Å². The summed E-state index contributed by atoms with van der Waals surface area (Å²) in [7, 11) is 0. The number of carbonyl (C=O) groups is 2. The van der Waals surface area contributed by atoms with Gasteiger partial charge in [0.1, 0.15) is 11.4 Å². The maximum atomic E-state index is 13.8. The number of halogens is 1. The smallest absolute Gasteiger partial charge is 0.319 e. The summed E-state index contributed by atoms with van der Waals surface area (Å²) in [6, 6.07) is 4.15. The van der Waals surface area contributed by atoms with Gasteiger partial charge in [-0.1, -0.05) is 12.1 Å².